The fourth-order valence-electron chi connectivity index (χ4n) is 3.25. The Kier molecular flexibility index (Phi) is 8.06. The molecule has 0 aliphatic rings. The van der Waals surface area contributed by atoms with Crippen molar-refractivity contribution in [2.75, 3.05) is 13.4 Å². The highest BCUT2D eigenvalue weighted by Gasteiger charge is 2.24. The lowest BCUT2D eigenvalue weighted by atomic mass is 10.0. The van der Waals surface area contributed by atoms with Crippen LogP contribution < -0.4 is 13.7 Å². The highest BCUT2D eigenvalue weighted by molar-refractivity contribution is 7.79. The molecule has 0 saturated heterocycles. The second-order valence-electron chi connectivity index (χ2n) is 6.86. The summed E-state index contributed by atoms with van der Waals surface area (Å²) in [5, 5.41) is 9.67. The lowest BCUT2D eigenvalue weighted by Gasteiger charge is -2.17. The van der Waals surface area contributed by atoms with Gasteiger partial charge in [-0.05, 0) is 42.8 Å². The van der Waals surface area contributed by atoms with E-state index in [1.807, 2.05) is 43.3 Å². The molecule has 3 rings (SSSR count). The van der Waals surface area contributed by atoms with Crippen LogP contribution in [0, 0.1) is 11.3 Å². The second-order valence-corrected chi connectivity index (χ2v) is 7.83. The lowest BCUT2D eigenvalue weighted by Crippen LogP contribution is -2.13. The van der Waals surface area contributed by atoms with E-state index in [-0.39, 0.29) is 11.3 Å². The van der Waals surface area contributed by atoms with E-state index in [4.69, 9.17) is 18.4 Å². The Hall–Kier alpha value is -3.83. The first kappa shape index (κ1) is 23.8. The molecule has 2 atom stereocenters. The quantitative estimate of drug-likeness (QED) is 0.404. The Morgan fingerprint density at radius 2 is 1.79 bits per heavy atom. The largest absolute Gasteiger partial charge is 0.495 e. The molecular weight excluding hydrogens is 442 g/mol. The van der Waals surface area contributed by atoms with Gasteiger partial charge in [0.15, 0.2) is 0 Å². The summed E-state index contributed by atoms with van der Waals surface area (Å²) in [4.78, 5) is 13.0. The first-order valence-electron chi connectivity index (χ1n) is 10.1. The molecule has 0 bridgehead atoms. The van der Waals surface area contributed by atoms with Crippen molar-refractivity contribution in [3.05, 3.63) is 83.4 Å². The van der Waals surface area contributed by atoms with Crippen LogP contribution in [0.25, 0.3) is 0 Å². The minimum atomic E-state index is -1.54. The van der Waals surface area contributed by atoms with E-state index in [1.165, 1.54) is 25.5 Å². The first-order valence-corrected chi connectivity index (χ1v) is 11.6. The summed E-state index contributed by atoms with van der Waals surface area (Å²) in [6.45, 7) is 1.86. The molecule has 3 aromatic carbocycles. The number of hydrogen-bond acceptors (Lipinski definition) is 7. The number of methoxy groups -OCH3 is 1. The average Bonchev–Trinajstić information content (AvgIpc) is 2.82. The van der Waals surface area contributed by atoms with E-state index in [0.717, 1.165) is 0 Å². The number of rotatable bonds is 9. The Bertz CT molecular complexity index is 1190. The number of ether oxygens (including phenoxy) is 3. The Balaban J connectivity index is 1.85. The van der Waals surface area contributed by atoms with Crippen LogP contribution in [0.15, 0.2) is 66.7 Å². The number of carbonyl (C=O) groups is 1. The maximum atomic E-state index is 13.0. The topological polar surface area (TPSA) is 94.9 Å². The molecule has 0 saturated carbocycles. The van der Waals surface area contributed by atoms with Crippen molar-refractivity contribution in [2.24, 2.45) is 0 Å². The van der Waals surface area contributed by atoms with Crippen LogP contribution in [0.5, 0.6) is 23.0 Å². The third kappa shape index (κ3) is 5.90. The van der Waals surface area contributed by atoms with Gasteiger partial charge in [-0.25, -0.2) is 9.00 Å². The number of carbonyl (C=O) groups excluding carboxylic acids is 1. The predicted molar refractivity (Wildman–Crippen MR) is 124 cm³/mol. The van der Waals surface area contributed by atoms with E-state index >= 15 is 0 Å². The molecule has 0 amide bonds. The van der Waals surface area contributed by atoms with Crippen LogP contribution in [-0.4, -0.2) is 23.5 Å². The predicted octanol–water partition coefficient (Wildman–Crippen LogP) is 5.14. The minimum absolute atomic E-state index is 0.139. The number of nitriles is 1. The van der Waals surface area contributed by atoms with Gasteiger partial charge in [-0.3, -0.25) is 0 Å². The fourth-order valence-corrected chi connectivity index (χ4v) is 3.66. The molecule has 7 nitrogen and oxygen atoms in total. The summed E-state index contributed by atoms with van der Waals surface area (Å²) >= 11 is -1.54. The van der Waals surface area contributed by atoms with Gasteiger partial charge >= 0.3 is 5.97 Å². The standard InChI is InChI=1S/C25H23NO6S/c1-4-20-22(32-33(3)28)14-13-21(24(20)29-2)25(27)31-23(16-26)17-9-8-12-19(15-17)30-18-10-6-5-7-11-18/h5-15,23H,4H2,1-3H3/t23-,33+/m1/s1. The summed E-state index contributed by atoms with van der Waals surface area (Å²) in [5.41, 5.74) is 1.18. The molecule has 0 fully saturated rings. The van der Waals surface area contributed by atoms with E-state index in [1.54, 1.807) is 24.3 Å². The Labute approximate surface area is 195 Å². The van der Waals surface area contributed by atoms with Crippen molar-refractivity contribution in [2.45, 2.75) is 19.4 Å². The van der Waals surface area contributed by atoms with E-state index in [2.05, 4.69) is 0 Å². The average molecular weight is 466 g/mol. The van der Waals surface area contributed by atoms with Gasteiger partial charge < -0.3 is 18.4 Å². The smallest absolute Gasteiger partial charge is 0.343 e. The van der Waals surface area contributed by atoms with Crippen LogP contribution in [0.4, 0.5) is 0 Å². The van der Waals surface area contributed by atoms with Crippen molar-refractivity contribution in [1.82, 2.24) is 0 Å². The Morgan fingerprint density at radius 1 is 1.06 bits per heavy atom. The molecule has 0 unspecified atom stereocenters. The normalized spacial score (nSPS) is 12.2. The molecule has 170 valence electrons. The lowest BCUT2D eigenvalue weighted by molar-refractivity contribution is 0.0400. The molecule has 0 aliphatic carbocycles. The molecule has 0 heterocycles. The summed E-state index contributed by atoms with van der Waals surface area (Å²) in [5.74, 6) is 1.03. The summed E-state index contributed by atoms with van der Waals surface area (Å²) < 4.78 is 33.6. The van der Waals surface area contributed by atoms with Crippen LogP contribution >= 0.6 is 0 Å². The monoisotopic (exact) mass is 465 g/mol. The molecule has 0 N–H and O–H groups in total. The maximum absolute atomic E-state index is 13.0. The Morgan fingerprint density at radius 3 is 2.42 bits per heavy atom. The fraction of sp³-hybridized carbons (Fsp3) is 0.200. The molecule has 0 radical (unpaired) electrons. The molecule has 0 spiro atoms. The molecular formula is C25H23NO6S. The highest BCUT2D eigenvalue weighted by atomic mass is 32.2. The van der Waals surface area contributed by atoms with E-state index in [9.17, 15) is 14.3 Å². The van der Waals surface area contributed by atoms with Gasteiger partial charge in [0.2, 0.25) is 17.2 Å². The SMILES string of the molecule is CCc1c(O[S@@](C)=O)ccc(C(=O)O[C@H](C#N)c2cccc(Oc3ccccc3)c2)c1OC. The van der Waals surface area contributed by atoms with Gasteiger partial charge in [-0.2, -0.15) is 5.26 Å². The highest BCUT2D eigenvalue weighted by Crippen LogP contribution is 2.35. The minimum Gasteiger partial charge on any atom is -0.495 e. The summed E-state index contributed by atoms with van der Waals surface area (Å²) in [6.07, 6.45) is 0.712. The molecule has 3 aromatic rings. The number of esters is 1. The summed E-state index contributed by atoms with van der Waals surface area (Å²) in [7, 11) is 1.42. The zero-order chi connectivity index (χ0) is 23.8. The van der Waals surface area contributed by atoms with Gasteiger partial charge in [0.1, 0.15) is 34.6 Å². The zero-order valence-corrected chi connectivity index (χ0v) is 19.3. The van der Waals surface area contributed by atoms with Gasteiger partial charge in [0, 0.05) is 17.4 Å². The van der Waals surface area contributed by atoms with Crippen molar-refractivity contribution < 1.29 is 27.4 Å². The number of nitrogens with zero attached hydrogens (tertiary/aromatic N) is 1. The van der Waals surface area contributed by atoms with Gasteiger partial charge in [0.25, 0.3) is 0 Å². The van der Waals surface area contributed by atoms with E-state index in [0.29, 0.717) is 34.8 Å². The van der Waals surface area contributed by atoms with Crippen molar-refractivity contribution in [1.29, 1.82) is 5.26 Å². The second kappa shape index (κ2) is 11.2. The third-order valence-electron chi connectivity index (χ3n) is 4.68. The molecule has 33 heavy (non-hydrogen) atoms. The van der Waals surface area contributed by atoms with Gasteiger partial charge in [0.05, 0.1) is 7.11 Å². The first-order chi connectivity index (χ1) is 16.0. The van der Waals surface area contributed by atoms with Crippen molar-refractivity contribution >= 4 is 17.0 Å². The van der Waals surface area contributed by atoms with Crippen LogP contribution in [0.3, 0.4) is 0 Å². The molecule has 0 aliphatic heterocycles. The molecule has 8 heteroatoms. The zero-order valence-electron chi connectivity index (χ0n) is 18.4. The van der Waals surface area contributed by atoms with Crippen LogP contribution in [0.2, 0.25) is 0 Å². The number of para-hydroxylation sites is 1. The van der Waals surface area contributed by atoms with Crippen LogP contribution in [-0.2, 0) is 22.2 Å². The third-order valence-corrected chi connectivity index (χ3v) is 5.10. The number of benzene rings is 3. The summed E-state index contributed by atoms with van der Waals surface area (Å²) in [6, 6.07) is 21.0. The van der Waals surface area contributed by atoms with Crippen molar-refractivity contribution in [3.8, 4) is 29.1 Å². The van der Waals surface area contributed by atoms with Crippen molar-refractivity contribution in [3.63, 3.8) is 0 Å². The maximum Gasteiger partial charge on any atom is 0.343 e. The van der Waals surface area contributed by atoms with Crippen LogP contribution in [0.1, 0.15) is 34.5 Å². The van der Waals surface area contributed by atoms with Gasteiger partial charge in [-0.15, -0.1) is 0 Å². The van der Waals surface area contributed by atoms with E-state index < -0.39 is 23.2 Å². The molecule has 0 aromatic heterocycles. The number of hydrogen-bond donors (Lipinski definition) is 0. The van der Waals surface area contributed by atoms with Gasteiger partial charge in [-0.1, -0.05) is 37.3 Å².